The minimum absolute atomic E-state index is 0.148. The number of piperidine rings is 1. The van der Waals surface area contributed by atoms with Gasteiger partial charge in [-0.2, -0.15) is 0 Å². The van der Waals surface area contributed by atoms with Crippen molar-refractivity contribution in [3.8, 4) is 0 Å². The van der Waals surface area contributed by atoms with Crippen molar-refractivity contribution in [3.63, 3.8) is 0 Å². The standard InChI is InChI=1S/C15H22N2/c16-15(9-10-15)14-8-4-5-11-17(14)12-13-6-2-1-3-7-13/h1-3,6-7,14H,4-5,8-12,16H2. The summed E-state index contributed by atoms with van der Waals surface area (Å²) in [5, 5.41) is 0. The molecule has 1 saturated heterocycles. The van der Waals surface area contributed by atoms with Crippen molar-refractivity contribution < 1.29 is 0 Å². The zero-order valence-corrected chi connectivity index (χ0v) is 10.4. The van der Waals surface area contributed by atoms with E-state index in [1.165, 1.54) is 44.2 Å². The molecule has 0 radical (unpaired) electrons. The molecular weight excluding hydrogens is 208 g/mol. The molecule has 0 amide bonds. The Morgan fingerprint density at radius 3 is 2.65 bits per heavy atom. The Labute approximate surface area is 104 Å². The first-order valence-corrected chi connectivity index (χ1v) is 6.85. The smallest absolute Gasteiger partial charge is 0.0313 e. The van der Waals surface area contributed by atoms with Gasteiger partial charge in [0.2, 0.25) is 0 Å². The molecule has 17 heavy (non-hydrogen) atoms. The van der Waals surface area contributed by atoms with E-state index in [2.05, 4.69) is 35.2 Å². The number of benzene rings is 1. The molecule has 1 saturated carbocycles. The molecule has 1 unspecified atom stereocenters. The summed E-state index contributed by atoms with van der Waals surface area (Å²) in [6.45, 7) is 2.29. The fraction of sp³-hybridized carbons (Fsp3) is 0.600. The molecule has 0 bridgehead atoms. The number of hydrogen-bond acceptors (Lipinski definition) is 2. The summed E-state index contributed by atoms with van der Waals surface area (Å²) in [4.78, 5) is 2.62. The van der Waals surface area contributed by atoms with Crippen LogP contribution in [-0.2, 0) is 6.54 Å². The average Bonchev–Trinajstić information content (AvgIpc) is 3.10. The highest BCUT2D eigenvalue weighted by Crippen LogP contribution is 2.42. The van der Waals surface area contributed by atoms with Crippen molar-refractivity contribution in [3.05, 3.63) is 35.9 Å². The Morgan fingerprint density at radius 1 is 1.18 bits per heavy atom. The minimum Gasteiger partial charge on any atom is -0.324 e. The first-order chi connectivity index (χ1) is 8.28. The quantitative estimate of drug-likeness (QED) is 0.864. The van der Waals surface area contributed by atoms with Gasteiger partial charge in [-0.1, -0.05) is 36.8 Å². The van der Waals surface area contributed by atoms with E-state index in [9.17, 15) is 0 Å². The Hall–Kier alpha value is -0.860. The third-order valence-corrected chi connectivity index (χ3v) is 4.33. The number of nitrogens with two attached hydrogens (primary N) is 1. The first-order valence-electron chi connectivity index (χ1n) is 6.85. The lowest BCUT2D eigenvalue weighted by atomic mass is 9.93. The minimum atomic E-state index is 0.148. The Bertz CT molecular complexity index is 370. The summed E-state index contributed by atoms with van der Waals surface area (Å²) in [7, 11) is 0. The first kappa shape index (κ1) is 11.2. The summed E-state index contributed by atoms with van der Waals surface area (Å²) in [5.41, 5.74) is 7.99. The molecule has 1 aliphatic carbocycles. The highest BCUT2D eigenvalue weighted by molar-refractivity contribution is 5.16. The molecule has 3 rings (SSSR count). The van der Waals surface area contributed by atoms with Gasteiger partial charge in [0.05, 0.1) is 0 Å². The topological polar surface area (TPSA) is 29.3 Å². The van der Waals surface area contributed by atoms with Crippen LogP contribution in [0.25, 0.3) is 0 Å². The zero-order chi connectivity index (χ0) is 11.7. The van der Waals surface area contributed by atoms with Crippen LogP contribution in [0.3, 0.4) is 0 Å². The van der Waals surface area contributed by atoms with Crippen molar-refractivity contribution in [2.75, 3.05) is 6.54 Å². The molecule has 1 aromatic rings. The third kappa shape index (κ3) is 2.38. The summed E-state index contributed by atoms with van der Waals surface area (Å²) < 4.78 is 0. The van der Waals surface area contributed by atoms with E-state index in [1.54, 1.807) is 0 Å². The van der Waals surface area contributed by atoms with E-state index in [-0.39, 0.29) is 5.54 Å². The fourth-order valence-corrected chi connectivity index (χ4v) is 3.13. The van der Waals surface area contributed by atoms with Gasteiger partial charge >= 0.3 is 0 Å². The molecule has 2 fully saturated rings. The highest BCUT2D eigenvalue weighted by atomic mass is 15.2. The third-order valence-electron chi connectivity index (χ3n) is 4.33. The summed E-state index contributed by atoms with van der Waals surface area (Å²) in [5.74, 6) is 0. The Balaban J connectivity index is 1.71. The second-order valence-corrected chi connectivity index (χ2v) is 5.70. The second kappa shape index (κ2) is 4.43. The fourth-order valence-electron chi connectivity index (χ4n) is 3.13. The van der Waals surface area contributed by atoms with Gasteiger partial charge in [0.25, 0.3) is 0 Å². The van der Waals surface area contributed by atoms with E-state index in [4.69, 9.17) is 5.73 Å². The predicted octanol–water partition coefficient (Wildman–Crippen LogP) is 2.53. The van der Waals surface area contributed by atoms with Crippen molar-refractivity contribution in [2.24, 2.45) is 5.73 Å². The van der Waals surface area contributed by atoms with Gasteiger partial charge < -0.3 is 5.73 Å². The van der Waals surface area contributed by atoms with Crippen molar-refractivity contribution in [1.29, 1.82) is 0 Å². The van der Waals surface area contributed by atoms with Crippen LogP contribution >= 0.6 is 0 Å². The Morgan fingerprint density at radius 2 is 1.94 bits per heavy atom. The van der Waals surface area contributed by atoms with Crippen LogP contribution in [0.2, 0.25) is 0 Å². The largest absolute Gasteiger partial charge is 0.324 e. The molecule has 2 heteroatoms. The van der Waals surface area contributed by atoms with E-state index in [1.807, 2.05) is 0 Å². The van der Waals surface area contributed by atoms with Crippen LogP contribution in [0.5, 0.6) is 0 Å². The molecule has 2 nitrogen and oxygen atoms in total. The number of nitrogens with zero attached hydrogens (tertiary/aromatic N) is 1. The van der Waals surface area contributed by atoms with E-state index >= 15 is 0 Å². The molecule has 2 N–H and O–H groups in total. The molecular formula is C15H22N2. The lowest BCUT2D eigenvalue weighted by Crippen LogP contribution is -2.51. The number of rotatable bonds is 3. The van der Waals surface area contributed by atoms with Gasteiger partial charge in [-0.3, -0.25) is 4.90 Å². The van der Waals surface area contributed by atoms with Crippen molar-refractivity contribution in [2.45, 2.75) is 50.2 Å². The van der Waals surface area contributed by atoms with Crippen LogP contribution < -0.4 is 5.73 Å². The summed E-state index contributed by atoms with van der Waals surface area (Å²) >= 11 is 0. The molecule has 2 aliphatic rings. The molecule has 92 valence electrons. The van der Waals surface area contributed by atoms with Crippen LogP contribution in [0, 0.1) is 0 Å². The molecule has 1 heterocycles. The SMILES string of the molecule is NC1(C2CCCCN2Cc2ccccc2)CC1. The number of hydrogen-bond donors (Lipinski definition) is 1. The van der Waals surface area contributed by atoms with Crippen LogP contribution in [0.15, 0.2) is 30.3 Å². The maximum absolute atomic E-state index is 6.42. The Kier molecular flexibility index (Phi) is 2.93. The highest BCUT2D eigenvalue weighted by Gasteiger charge is 2.48. The van der Waals surface area contributed by atoms with Crippen LogP contribution in [-0.4, -0.2) is 23.0 Å². The maximum atomic E-state index is 6.42. The van der Waals surface area contributed by atoms with Gasteiger partial charge in [-0.25, -0.2) is 0 Å². The number of likely N-dealkylation sites (tertiary alicyclic amines) is 1. The lowest BCUT2D eigenvalue weighted by Gasteiger charge is -2.39. The molecule has 1 aliphatic heterocycles. The predicted molar refractivity (Wildman–Crippen MR) is 70.6 cm³/mol. The van der Waals surface area contributed by atoms with Gasteiger partial charge in [-0.15, -0.1) is 0 Å². The van der Waals surface area contributed by atoms with E-state index in [0.717, 1.165) is 6.54 Å². The van der Waals surface area contributed by atoms with Gasteiger partial charge in [0, 0.05) is 18.1 Å². The average molecular weight is 230 g/mol. The van der Waals surface area contributed by atoms with E-state index in [0.29, 0.717) is 6.04 Å². The van der Waals surface area contributed by atoms with Crippen molar-refractivity contribution >= 4 is 0 Å². The summed E-state index contributed by atoms with van der Waals surface area (Å²) in [6.07, 6.45) is 6.43. The molecule has 0 aromatic heterocycles. The molecule has 0 spiro atoms. The van der Waals surface area contributed by atoms with Gasteiger partial charge in [-0.05, 0) is 37.8 Å². The lowest BCUT2D eigenvalue weighted by molar-refractivity contribution is 0.111. The maximum Gasteiger partial charge on any atom is 0.0313 e. The monoisotopic (exact) mass is 230 g/mol. The normalized spacial score (nSPS) is 27.9. The van der Waals surface area contributed by atoms with Crippen LogP contribution in [0.4, 0.5) is 0 Å². The second-order valence-electron chi connectivity index (χ2n) is 5.70. The molecule has 1 aromatic carbocycles. The zero-order valence-electron chi connectivity index (χ0n) is 10.4. The van der Waals surface area contributed by atoms with Gasteiger partial charge in [0.15, 0.2) is 0 Å². The van der Waals surface area contributed by atoms with Crippen LogP contribution in [0.1, 0.15) is 37.7 Å². The van der Waals surface area contributed by atoms with E-state index < -0.39 is 0 Å². The van der Waals surface area contributed by atoms with Crippen molar-refractivity contribution in [1.82, 2.24) is 4.90 Å². The molecule has 1 atom stereocenters. The van der Waals surface area contributed by atoms with Gasteiger partial charge in [0.1, 0.15) is 0 Å². The summed E-state index contributed by atoms with van der Waals surface area (Å²) in [6, 6.07) is 11.4.